The van der Waals surface area contributed by atoms with Crippen LogP contribution >= 0.6 is 0 Å². The average molecular weight is 254 g/mol. The van der Waals surface area contributed by atoms with Gasteiger partial charge in [0.05, 0.1) is 18.1 Å². The maximum absolute atomic E-state index is 10.8. The molecule has 6 heteroatoms. The van der Waals surface area contributed by atoms with E-state index in [2.05, 4.69) is 5.32 Å². The van der Waals surface area contributed by atoms with E-state index in [4.69, 9.17) is 9.47 Å². The molecule has 0 unspecified atom stereocenters. The van der Waals surface area contributed by atoms with Gasteiger partial charge >= 0.3 is 5.69 Å². The van der Waals surface area contributed by atoms with Crippen molar-refractivity contribution in [2.75, 3.05) is 20.3 Å². The third-order valence-corrected chi connectivity index (χ3v) is 2.27. The molecule has 1 N–H and O–H groups in total. The molecule has 0 aromatic heterocycles. The zero-order valence-electron chi connectivity index (χ0n) is 10.8. The molecule has 0 aliphatic carbocycles. The highest BCUT2D eigenvalue weighted by Crippen LogP contribution is 2.30. The van der Waals surface area contributed by atoms with E-state index in [1.807, 2.05) is 13.8 Å². The molecule has 0 aliphatic rings. The first kappa shape index (κ1) is 14.2. The molecular formula is C12H18N2O4. The lowest BCUT2D eigenvalue weighted by Crippen LogP contribution is -2.27. The van der Waals surface area contributed by atoms with Gasteiger partial charge < -0.3 is 14.8 Å². The van der Waals surface area contributed by atoms with Crippen LogP contribution in [0.2, 0.25) is 0 Å². The lowest BCUT2D eigenvalue weighted by molar-refractivity contribution is -0.385. The van der Waals surface area contributed by atoms with Gasteiger partial charge in [-0.2, -0.15) is 0 Å². The molecule has 0 amide bonds. The van der Waals surface area contributed by atoms with Crippen molar-refractivity contribution < 1.29 is 14.4 Å². The summed E-state index contributed by atoms with van der Waals surface area (Å²) in [4.78, 5) is 10.3. The predicted octanol–water partition coefficient (Wildman–Crippen LogP) is 1.98. The normalized spacial score (nSPS) is 10.4. The fourth-order valence-corrected chi connectivity index (χ4v) is 1.42. The molecule has 0 heterocycles. The minimum atomic E-state index is -0.488. The molecule has 0 fully saturated rings. The summed E-state index contributed by atoms with van der Waals surface area (Å²) in [7, 11) is 1.40. The number of ether oxygens (including phenoxy) is 2. The van der Waals surface area contributed by atoms with Crippen molar-refractivity contribution in [1.82, 2.24) is 5.32 Å². The second-order valence-electron chi connectivity index (χ2n) is 4.05. The Kier molecular flexibility index (Phi) is 5.38. The van der Waals surface area contributed by atoms with Gasteiger partial charge in [-0.15, -0.1) is 0 Å². The molecule has 6 nitrogen and oxygen atoms in total. The Labute approximate surface area is 106 Å². The SMILES string of the molecule is COc1ccc(OCCNC(C)C)cc1[N+](=O)[O-]. The van der Waals surface area contributed by atoms with E-state index in [-0.39, 0.29) is 11.4 Å². The standard InChI is InChI=1S/C12H18N2O4/c1-9(2)13-6-7-18-10-4-5-12(17-3)11(8-10)14(15)16/h4-5,8-9,13H,6-7H2,1-3H3. The molecular weight excluding hydrogens is 236 g/mol. The summed E-state index contributed by atoms with van der Waals surface area (Å²) in [6.45, 7) is 5.23. The first-order valence-electron chi connectivity index (χ1n) is 5.73. The monoisotopic (exact) mass is 254 g/mol. The van der Waals surface area contributed by atoms with Crippen LogP contribution in [-0.4, -0.2) is 31.2 Å². The van der Waals surface area contributed by atoms with E-state index in [1.54, 1.807) is 6.07 Å². The van der Waals surface area contributed by atoms with E-state index in [1.165, 1.54) is 19.2 Å². The Hall–Kier alpha value is -1.82. The van der Waals surface area contributed by atoms with Gasteiger partial charge in [-0.3, -0.25) is 10.1 Å². The van der Waals surface area contributed by atoms with E-state index >= 15 is 0 Å². The largest absolute Gasteiger partial charge is 0.492 e. The van der Waals surface area contributed by atoms with Crippen LogP contribution in [0.4, 0.5) is 5.69 Å². The lowest BCUT2D eigenvalue weighted by atomic mass is 10.3. The molecule has 1 rings (SSSR count). The van der Waals surface area contributed by atoms with Crippen molar-refractivity contribution in [1.29, 1.82) is 0 Å². The smallest absolute Gasteiger partial charge is 0.314 e. The molecule has 0 saturated carbocycles. The van der Waals surface area contributed by atoms with Crippen LogP contribution in [-0.2, 0) is 0 Å². The maximum atomic E-state index is 10.8. The molecule has 1 aromatic carbocycles. The average Bonchev–Trinajstić information content (AvgIpc) is 2.34. The number of hydrogen-bond donors (Lipinski definition) is 1. The van der Waals surface area contributed by atoms with E-state index in [0.717, 1.165) is 0 Å². The van der Waals surface area contributed by atoms with E-state index in [0.29, 0.717) is 24.9 Å². The van der Waals surface area contributed by atoms with Gasteiger partial charge in [0.2, 0.25) is 0 Å². The summed E-state index contributed by atoms with van der Waals surface area (Å²) in [5, 5.41) is 14.0. The summed E-state index contributed by atoms with van der Waals surface area (Å²) < 4.78 is 10.3. The molecule has 1 aromatic rings. The molecule has 0 saturated heterocycles. The molecule has 0 radical (unpaired) electrons. The van der Waals surface area contributed by atoms with Crippen molar-refractivity contribution in [2.45, 2.75) is 19.9 Å². The number of hydrogen-bond acceptors (Lipinski definition) is 5. The second-order valence-corrected chi connectivity index (χ2v) is 4.05. The van der Waals surface area contributed by atoms with Gasteiger partial charge in [-0.25, -0.2) is 0 Å². The van der Waals surface area contributed by atoms with E-state index in [9.17, 15) is 10.1 Å². The molecule has 18 heavy (non-hydrogen) atoms. The van der Waals surface area contributed by atoms with Crippen LogP contribution in [0.5, 0.6) is 11.5 Å². The summed E-state index contributed by atoms with van der Waals surface area (Å²) >= 11 is 0. The van der Waals surface area contributed by atoms with Crippen LogP contribution in [0.25, 0.3) is 0 Å². The number of nitrogens with one attached hydrogen (secondary N) is 1. The minimum absolute atomic E-state index is 0.0909. The van der Waals surface area contributed by atoms with Gasteiger partial charge in [0.15, 0.2) is 5.75 Å². The number of nitrogens with zero attached hydrogens (tertiary/aromatic N) is 1. The van der Waals surface area contributed by atoms with Crippen molar-refractivity contribution in [2.24, 2.45) is 0 Å². The fraction of sp³-hybridized carbons (Fsp3) is 0.500. The van der Waals surface area contributed by atoms with Crippen molar-refractivity contribution in [3.8, 4) is 11.5 Å². The maximum Gasteiger partial charge on any atom is 0.314 e. The van der Waals surface area contributed by atoms with Crippen LogP contribution in [0.1, 0.15) is 13.8 Å². The topological polar surface area (TPSA) is 73.6 Å². The van der Waals surface area contributed by atoms with Crippen molar-refractivity contribution in [3.63, 3.8) is 0 Å². The highest BCUT2D eigenvalue weighted by molar-refractivity contribution is 5.50. The van der Waals surface area contributed by atoms with Gasteiger partial charge in [-0.1, -0.05) is 13.8 Å². The summed E-state index contributed by atoms with van der Waals surface area (Å²) in [5.74, 6) is 0.695. The van der Waals surface area contributed by atoms with Crippen LogP contribution < -0.4 is 14.8 Å². The highest BCUT2D eigenvalue weighted by atomic mass is 16.6. The lowest BCUT2D eigenvalue weighted by Gasteiger charge is -2.10. The zero-order valence-corrected chi connectivity index (χ0v) is 10.8. The first-order valence-corrected chi connectivity index (χ1v) is 5.73. The Bertz CT molecular complexity index is 407. The van der Waals surface area contributed by atoms with Crippen molar-refractivity contribution in [3.05, 3.63) is 28.3 Å². The summed E-state index contributed by atoms with van der Waals surface area (Å²) in [6.07, 6.45) is 0. The second kappa shape index (κ2) is 6.80. The van der Waals surface area contributed by atoms with Gasteiger partial charge in [0.1, 0.15) is 12.4 Å². The number of rotatable bonds is 7. The van der Waals surface area contributed by atoms with E-state index < -0.39 is 4.92 Å². The van der Waals surface area contributed by atoms with Crippen LogP contribution in [0, 0.1) is 10.1 Å². The Morgan fingerprint density at radius 2 is 2.17 bits per heavy atom. The predicted molar refractivity (Wildman–Crippen MR) is 68.3 cm³/mol. The molecule has 0 aliphatic heterocycles. The van der Waals surface area contributed by atoms with Crippen molar-refractivity contribution >= 4 is 5.69 Å². The molecule has 0 bridgehead atoms. The quantitative estimate of drug-likeness (QED) is 0.457. The molecule has 100 valence electrons. The Morgan fingerprint density at radius 1 is 1.44 bits per heavy atom. The molecule has 0 atom stereocenters. The van der Waals surface area contributed by atoms with Gasteiger partial charge in [0, 0.05) is 12.6 Å². The minimum Gasteiger partial charge on any atom is -0.492 e. The third kappa shape index (κ3) is 4.21. The number of benzene rings is 1. The first-order chi connectivity index (χ1) is 8.54. The summed E-state index contributed by atoms with van der Waals surface area (Å²) in [6, 6.07) is 4.94. The number of nitro groups is 1. The van der Waals surface area contributed by atoms with Gasteiger partial charge in [0.25, 0.3) is 0 Å². The van der Waals surface area contributed by atoms with Gasteiger partial charge in [-0.05, 0) is 12.1 Å². The van der Waals surface area contributed by atoms with Crippen LogP contribution in [0.15, 0.2) is 18.2 Å². The third-order valence-electron chi connectivity index (χ3n) is 2.27. The van der Waals surface area contributed by atoms with Crippen LogP contribution in [0.3, 0.4) is 0 Å². The summed E-state index contributed by atoms with van der Waals surface area (Å²) in [5.41, 5.74) is -0.0909. The molecule has 0 spiro atoms. The Balaban J connectivity index is 2.62. The Morgan fingerprint density at radius 3 is 2.72 bits per heavy atom. The fourth-order valence-electron chi connectivity index (χ4n) is 1.42. The number of methoxy groups -OCH3 is 1. The zero-order chi connectivity index (χ0) is 13.5. The highest BCUT2D eigenvalue weighted by Gasteiger charge is 2.15. The number of nitro benzene ring substituents is 1.